The highest BCUT2D eigenvalue weighted by molar-refractivity contribution is 7.89. The highest BCUT2D eigenvalue weighted by Gasteiger charge is 2.46. The Hall–Kier alpha value is -2.24. The number of anilines is 1. The number of sulfonamides is 1. The molecule has 1 N–H and O–H groups in total. The number of aryl methyl sites for hydroxylation is 1. The number of nitrogens with one attached hydrogen (secondary N) is 1. The van der Waals surface area contributed by atoms with Crippen LogP contribution in [0.4, 0.5) is 5.95 Å². The lowest BCUT2D eigenvalue weighted by molar-refractivity contribution is 0.122. The first-order valence-electron chi connectivity index (χ1n) is 10.3. The van der Waals surface area contributed by atoms with Gasteiger partial charge in [0.05, 0.1) is 25.1 Å². The Bertz CT molecular complexity index is 1110. The first-order valence-corrected chi connectivity index (χ1v) is 11.8. The summed E-state index contributed by atoms with van der Waals surface area (Å²) in [5, 5.41) is 3.99. The van der Waals surface area contributed by atoms with E-state index in [9.17, 15) is 13.2 Å². The highest BCUT2D eigenvalue weighted by atomic mass is 32.2. The number of morpholine rings is 1. The van der Waals surface area contributed by atoms with Crippen LogP contribution in [0.25, 0.3) is 0 Å². The zero-order valence-corrected chi connectivity index (χ0v) is 17.8. The van der Waals surface area contributed by atoms with Crippen LogP contribution in [0.5, 0.6) is 0 Å². The Morgan fingerprint density at radius 3 is 2.53 bits per heavy atom. The predicted octanol–water partition coefficient (Wildman–Crippen LogP) is 0.00870. The molecule has 4 heterocycles. The van der Waals surface area contributed by atoms with Crippen molar-refractivity contribution in [3.05, 3.63) is 34.0 Å². The Morgan fingerprint density at radius 2 is 1.87 bits per heavy atom. The molecule has 2 saturated heterocycles. The molecule has 162 valence electrons. The van der Waals surface area contributed by atoms with Gasteiger partial charge < -0.3 is 9.64 Å². The Kier molecular flexibility index (Phi) is 4.71. The summed E-state index contributed by atoms with van der Waals surface area (Å²) < 4.78 is 34.3. The fourth-order valence-electron chi connectivity index (χ4n) is 4.89. The number of H-pyrrole nitrogens is 1. The summed E-state index contributed by atoms with van der Waals surface area (Å²) in [6.45, 7) is 3.47. The number of ether oxygens (including phenoxy) is 1. The first-order chi connectivity index (χ1) is 14.4. The van der Waals surface area contributed by atoms with Crippen LogP contribution < -0.4 is 10.5 Å². The number of hydrogen-bond acceptors (Lipinski definition) is 7. The summed E-state index contributed by atoms with van der Waals surface area (Å²) in [6.07, 6.45) is 5.78. The van der Waals surface area contributed by atoms with Gasteiger partial charge in [0.2, 0.25) is 16.0 Å². The van der Waals surface area contributed by atoms with Gasteiger partial charge in [-0.1, -0.05) is 0 Å². The minimum atomic E-state index is -3.56. The molecule has 2 fully saturated rings. The summed E-state index contributed by atoms with van der Waals surface area (Å²) in [4.78, 5) is 22.9. The van der Waals surface area contributed by atoms with Crippen molar-refractivity contribution in [3.8, 4) is 0 Å². The van der Waals surface area contributed by atoms with E-state index in [0.29, 0.717) is 64.6 Å². The fraction of sp³-hybridized carbons (Fsp3) is 0.632. The summed E-state index contributed by atoms with van der Waals surface area (Å²) in [5.41, 5.74) is 1.33. The molecule has 2 aliphatic heterocycles. The minimum absolute atomic E-state index is 0.0659. The SMILES string of the molecule is Cn1cc(S(=O)(=O)N2CCC3(CCc4c3nc(N3CCOCC3)[nH]c4=O)CC2)cn1. The zero-order valence-electron chi connectivity index (χ0n) is 17.0. The second-order valence-corrected chi connectivity index (χ2v) is 10.3. The van der Waals surface area contributed by atoms with Gasteiger partial charge >= 0.3 is 0 Å². The van der Waals surface area contributed by atoms with Crippen molar-refractivity contribution in [1.82, 2.24) is 24.1 Å². The molecule has 0 radical (unpaired) electrons. The molecule has 0 bridgehead atoms. The lowest BCUT2D eigenvalue weighted by Crippen LogP contribution is -2.45. The van der Waals surface area contributed by atoms with E-state index in [1.165, 1.54) is 21.4 Å². The second-order valence-electron chi connectivity index (χ2n) is 8.35. The van der Waals surface area contributed by atoms with Crippen LogP contribution in [0.1, 0.15) is 30.5 Å². The molecule has 1 aliphatic carbocycles. The normalized spacial score (nSPS) is 21.8. The van der Waals surface area contributed by atoms with Crippen LogP contribution in [-0.4, -0.2) is 71.9 Å². The molecule has 0 unspecified atom stereocenters. The van der Waals surface area contributed by atoms with Crippen molar-refractivity contribution < 1.29 is 13.2 Å². The van der Waals surface area contributed by atoms with Crippen LogP contribution >= 0.6 is 0 Å². The molecule has 10 nitrogen and oxygen atoms in total. The van der Waals surface area contributed by atoms with Crippen molar-refractivity contribution in [2.45, 2.75) is 36.0 Å². The molecule has 0 amide bonds. The number of rotatable bonds is 3. The van der Waals surface area contributed by atoms with Gasteiger partial charge in [-0.2, -0.15) is 9.40 Å². The third-order valence-corrected chi connectivity index (χ3v) is 8.52. The van der Waals surface area contributed by atoms with Gasteiger partial charge in [0.25, 0.3) is 5.56 Å². The number of aromatic nitrogens is 4. The molecule has 2 aromatic rings. The summed E-state index contributed by atoms with van der Waals surface area (Å²) >= 11 is 0. The van der Waals surface area contributed by atoms with Crippen molar-refractivity contribution in [1.29, 1.82) is 0 Å². The summed E-state index contributed by atoms with van der Waals surface area (Å²) in [6, 6.07) is 0. The van der Waals surface area contributed by atoms with Gasteiger partial charge in [-0.25, -0.2) is 13.4 Å². The summed E-state index contributed by atoms with van der Waals surface area (Å²) in [7, 11) is -1.86. The Balaban J connectivity index is 1.41. The molecule has 3 aliphatic rings. The molecular weight excluding hydrogens is 408 g/mol. The molecule has 0 atom stereocenters. The van der Waals surface area contributed by atoms with E-state index in [1.807, 2.05) is 0 Å². The summed E-state index contributed by atoms with van der Waals surface area (Å²) in [5.74, 6) is 0.605. The third-order valence-electron chi connectivity index (χ3n) is 6.67. The first kappa shape index (κ1) is 19.7. The molecule has 2 aromatic heterocycles. The predicted molar refractivity (Wildman–Crippen MR) is 109 cm³/mol. The van der Waals surface area contributed by atoms with E-state index < -0.39 is 10.0 Å². The van der Waals surface area contributed by atoms with Gasteiger partial charge in [-0.15, -0.1) is 0 Å². The van der Waals surface area contributed by atoms with Gasteiger partial charge in [0, 0.05) is 50.4 Å². The zero-order chi connectivity index (χ0) is 20.9. The van der Waals surface area contributed by atoms with E-state index in [1.54, 1.807) is 7.05 Å². The highest BCUT2D eigenvalue weighted by Crippen LogP contribution is 2.45. The van der Waals surface area contributed by atoms with Gasteiger partial charge in [-0.05, 0) is 25.7 Å². The second kappa shape index (κ2) is 7.17. The number of fused-ring (bicyclic) bond motifs is 2. The van der Waals surface area contributed by atoms with E-state index in [-0.39, 0.29) is 15.9 Å². The van der Waals surface area contributed by atoms with Crippen molar-refractivity contribution in [2.75, 3.05) is 44.3 Å². The van der Waals surface area contributed by atoms with Gasteiger partial charge in [-0.3, -0.25) is 14.5 Å². The van der Waals surface area contributed by atoms with Crippen LogP contribution in [0.15, 0.2) is 22.1 Å². The lowest BCUT2D eigenvalue weighted by Gasteiger charge is -2.38. The Morgan fingerprint density at radius 1 is 1.13 bits per heavy atom. The standard InChI is InChI=1S/C19H26N6O4S/c1-23-13-14(12-20-23)30(27,28)25-6-4-19(5-7-25)3-2-15-16(19)21-18(22-17(15)26)24-8-10-29-11-9-24/h12-13H,2-11H2,1H3,(H,21,22,26). The maximum Gasteiger partial charge on any atom is 0.255 e. The molecular formula is C19H26N6O4S. The largest absolute Gasteiger partial charge is 0.378 e. The topological polar surface area (TPSA) is 113 Å². The fourth-order valence-corrected chi connectivity index (χ4v) is 6.31. The average Bonchev–Trinajstić information content (AvgIpc) is 3.34. The number of piperidine rings is 1. The van der Waals surface area contributed by atoms with E-state index in [2.05, 4.69) is 15.0 Å². The van der Waals surface area contributed by atoms with Crippen LogP contribution in [0.2, 0.25) is 0 Å². The van der Waals surface area contributed by atoms with Crippen molar-refractivity contribution in [3.63, 3.8) is 0 Å². The number of hydrogen-bond donors (Lipinski definition) is 1. The van der Waals surface area contributed by atoms with Crippen LogP contribution in [-0.2, 0) is 33.6 Å². The number of aromatic amines is 1. The van der Waals surface area contributed by atoms with E-state index in [0.717, 1.165) is 17.7 Å². The van der Waals surface area contributed by atoms with E-state index >= 15 is 0 Å². The van der Waals surface area contributed by atoms with Gasteiger partial charge in [0.15, 0.2) is 0 Å². The van der Waals surface area contributed by atoms with E-state index in [4.69, 9.17) is 9.72 Å². The van der Waals surface area contributed by atoms with Crippen LogP contribution in [0.3, 0.4) is 0 Å². The monoisotopic (exact) mass is 434 g/mol. The Labute approximate surface area is 174 Å². The molecule has 0 saturated carbocycles. The molecule has 0 aromatic carbocycles. The number of nitrogens with zero attached hydrogens (tertiary/aromatic N) is 5. The maximum atomic E-state index is 12.9. The maximum absolute atomic E-state index is 12.9. The smallest absolute Gasteiger partial charge is 0.255 e. The third kappa shape index (κ3) is 3.15. The molecule has 1 spiro atoms. The molecule has 30 heavy (non-hydrogen) atoms. The average molecular weight is 435 g/mol. The molecule has 11 heteroatoms. The minimum Gasteiger partial charge on any atom is -0.378 e. The van der Waals surface area contributed by atoms with Crippen molar-refractivity contribution in [2.24, 2.45) is 7.05 Å². The van der Waals surface area contributed by atoms with Gasteiger partial charge in [0.1, 0.15) is 4.90 Å². The van der Waals surface area contributed by atoms with Crippen LogP contribution in [0, 0.1) is 0 Å². The molecule has 5 rings (SSSR count). The quantitative estimate of drug-likeness (QED) is 0.724. The lowest BCUT2D eigenvalue weighted by atomic mass is 9.77. The van der Waals surface area contributed by atoms with Crippen molar-refractivity contribution >= 4 is 16.0 Å².